The molecule has 0 radical (unpaired) electrons. The zero-order valence-electron chi connectivity index (χ0n) is 42.7. The normalized spacial score (nSPS) is 20.7. The second kappa shape index (κ2) is 22.4. The van der Waals surface area contributed by atoms with Gasteiger partial charge in [-0.3, -0.25) is 19.3 Å². The minimum Gasteiger partial charge on any atom is -0.493 e. The molecule has 5 atom stereocenters. The lowest BCUT2D eigenvalue weighted by Crippen LogP contribution is -2.58. The standard InChI is InChI=1S/C55H71F3N8O5S/c1-34-26-41-40-12-8-9-13-44(40)61-48(41)49(66(34)32-55(6,7)58)47-42(56)28-39(29-43(47)57)71-25-11-10-19-63-21-23-64(24-22-63)20-18-46(68)62-51(54(3,4)5)53(70)65-31-38(67)27-45(65)52(69)59-30-36-14-16-37(17-15-36)50-35(2)60-33-72-50/h8-9,12-17,28-29,33-34,38,45,49,51,61,67H,10-11,18-27,30-32H2,1-7H3,(H,59,69)(H,62,68)/t34-,38-,45+,49-,51-/m1/s1. The van der Waals surface area contributed by atoms with Crippen LogP contribution >= 0.6 is 11.3 Å². The number of para-hydroxylation sites is 1. The molecule has 5 aromatic rings. The number of carbonyl (C=O) groups excluding carboxylic acids is 3. The van der Waals surface area contributed by atoms with Gasteiger partial charge in [0.05, 0.1) is 34.8 Å². The summed E-state index contributed by atoms with van der Waals surface area (Å²) in [6.07, 6.45) is 1.58. The first-order valence-corrected chi connectivity index (χ1v) is 26.3. The van der Waals surface area contributed by atoms with Crippen molar-refractivity contribution in [3.05, 3.63) is 106 Å². The summed E-state index contributed by atoms with van der Waals surface area (Å²) in [5.74, 6) is -2.36. The number of H-pyrrole nitrogens is 1. The van der Waals surface area contributed by atoms with Crippen LogP contribution in [-0.4, -0.2) is 141 Å². The van der Waals surface area contributed by atoms with Crippen LogP contribution in [0.15, 0.2) is 66.2 Å². The number of aromatic nitrogens is 2. The summed E-state index contributed by atoms with van der Waals surface area (Å²) in [5, 5.41) is 17.6. The summed E-state index contributed by atoms with van der Waals surface area (Å²) >= 11 is 1.57. The molecule has 0 aliphatic carbocycles. The van der Waals surface area contributed by atoms with Crippen molar-refractivity contribution in [2.24, 2.45) is 5.41 Å². The number of unbranched alkanes of at least 4 members (excludes halogenated alkanes) is 1. The Labute approximate surface area is 425 Å². The van der Waals surface area contributed by atoms with Gasteiger partial charge in [-0.2, -0.15) is 0 Å². The Hall–Kier alpha value is -5.33. The number of alkyl halides is 1. The number of nitrogens with zero attached hydrogens (tertiary/aromatic N) is 5. The Morgan fingerprint density at radius 2 is 1.64 bits per heavy atom. The van der Waals surface area contributed by atoms with Gasteiger partial charge in [-0.05, 0) is 81.7 Å². The van der Waals surface area contributed by atoms with Gasteiger partial charge >= 0.3 is 0 Å². The zero-order chi connectivity index (χ0) is 51.5. The number of hydrogen-bond donors (Lipinski definition) is 4. The average molecular weight is 1010 g/mol. The topological polar surface area (TPSA) is 146 Å². The maximum atomic E-state index is 16.2. The van der Waals surface area contributed by atoms with Gasteiger partial charge in [0.1, 0.15) is 35.1 Å². The number of β-amino-alcohol motifs (C(OH)–C–C–N with tert-alkyl or cyclic N) is 1. The highest BCUT2D eigenvalue weighted by molar-refractivity contribution is 7.13. The number of ether oxygens (including phenoxy) is 1. The minimum atomic E-state index is -1.59. The van der Waals surface area contributed by atoms with E-state index in [1.54, 1.807) is 11.3 Å². The number of aliphatic hydroxyl groups excluding tert-OH is 1. The SMILES string of the molecule is Cc1ncsc1-c1ccc(CNC(=O)[C@@H]2C[C@@H](O)CN2C(=O)[C@@H](NC(=O)CCN2CCN(CCCCOc3cc(F)c([C@@H]4c5[nH]c6ccccc6c5C[C@@H](C)N4CC(C)(C)F)c(F)c3)CC2)C(C)(C)C)cc1. The Balaban J connectivity index is 0.768. The van der Waals surface area contributed by atoms with E-state index in [-0.39, 0.29) is 68.3 Å². The van der Waals surface area contributed by atoms with E-state index < -0.39 is 52.9 Å². The van der Waals surface area contributed by atoms with Crippen LogP contribution in [-0.2, 0) is 27.3 Å². The van der Waals surface area contributed by atoms with Crippen molar-refractivity contribution in [3.63, 3.8) is 0 Å². The van der Waals surface area contributed by atoms with E-state index in [1.165, 1.54) is 30.9 Å². The van der Waals surface area contributed by atoms with Gasteiger partial charge in [-0.15, -0.1) is 11.3 Å². The first kappa shape index (κ1) is 53.0. The summed E-state index contributed by atoms with van der Waals surface area (Å²) in [6, 6.07) is 15.4. The third kappa shape index (κ3) is 12.5. The van der Waals surface area contributed by atoms with Crippen molar-refractivity contribution >= 4 is 40.0 Å². The predicted molar refractivity (Wildman–Crippen MR) is 275 cm³/mol. The Morgan fingerprint density at radius 1 is 0.958 bits per heavy atom. The van der Waals surface area contributed by atoms with Crippen molar-refractivity contribution < 1.29 is 37.4 Å². The number of likely N-dealkylation sites (tertiary alicyclic amines) is 1. The highest BCUT2D eigenvalue weighted by atomic mass is 32.1. The maximum absolute atomic E-state index is 16.2. The summed E-state index contributed by atoms with van der Waals surface area (Å²) < 4.78 is 53.4. The van der Waals surface area contributed by atoms with Crippen LogP contribution in [0.3, 0.4) is 0 Å². The lowest BCUT2D eigenvalue weighted by atomic mass is 9.85. The lowest BCUT2D eigenvalue weighted by molar-refractivity contribution is -0.144. The maximum Gasteiger partial charge on any atom is 0.246 e. The predicted octanol–water partition coefficient (Wildman–Crippen LogP) is 7.94. The number of aryl methyl sites for hydroxylation is 1. The minimum absolute atomic E-state index is 0.00358. The number of fused-ring (bicyclic) bond motifs is 3. The van der Waals surface area contributed by atoms with Gasteiger partial charge in [0.2, 0.25) is 17.7 Å². The number of hydrogen-bond acceptors (Lipinski definition) is 10. The molecule has 2 aromatic heterocycles. The molecule has 2 saturated heterocycles. The number of aliphatic hydroxyl groups is 1. The van der Waals surface area contributed by atoms with Crippen molar-refractivity contribution in [1.82, 2.24) is 40.2 Å². The number of nitrogens with one attached hydrogen (secondary N) is 3. The molecule has 0 saturated carbocycles. The molecule has 5 heterocycles. The Morgan fingerprint density at radius 3 is 2.29 bits per heavy atom. The molecule has 72 heavy (non-hydrogen) atoms. The van der Waals surface area contributed by atoms with Crippen LogP contribution in [0.4, 0.5) is 13.2 Å². The summed E-state index contributed by atoms with van der Waals surface area (Å²) in [4.78, 5) is 57.8. The van der Waals surface area contributed by atoms with Crippen LogP contribution in [0.5, 0.6) is 5.75 Å². The third-order valence-electron chi connectivity index (χ3n) is 14.4. The molecule has 388 valence electrons. The fourth-order valence-electron chi connectivity index (χ4n) is 10.5. The third-order valence-corrected chi connectivity index (χ3v) is 15.3. The molecular weight excluding hydrogens is 942 g/mol. The summed E-state index contributed by atoms with van der Waals surface area (Å²) in [7, 11) is 0. The molecule has 0 spiro atoms. The number of halogens is 3. The first-order chi connectivity index (χ1) is 34.2. The van der Waals surface area contributed by atoms with E-state index in [2.05, 4.69) is 30.4 Å². The van der Waals surface area contributed by atoms with Crippen molar-refractivity contribution in [1.29, 1.82) is 0 Å². The van der Waals surface area contributed by atoms with E-state index in [0.717, 1.165) is 77.3 Å². The Bertz CT molecular complexity index is 2670. The smallest absolute Gasteiger partial charge is 0.246 e. The quantitative estimate of drug-likeness (QED) is 0.0643. The second-order valence-corrected chi connectivity index (χ2v) is 22.5. The monoisotopic (exact) mass is 1010 g/mol. The van der Waals surface area contributed by atoms with Crippen molar-refractivity contribution in [2.75, 3.05) is 59.0 Å². The van der Waals surface area contributed by atoms with Crippen LogP contribution < -0.4 is 15.4 Å². The molecule has 0 unspecified atom stereocenters. The number of rotatable bonds is 18. The van der Waals surface area contributed by atoms with Gasteiger partial charge in [0, 0.05) is 106 Å². The second-order valence-electron chi connectivity index (χ2n) is 21.6. The highest BCUT2D eigenvalue weighted by Gasteiger charge is 2.45. The number of amides is 3. The summed E-state index contributed by atoms with van der Waals surface area (Å²) in [5.41, 5.74) is 4.91. The van der Waals surface area contributed by atoms with Gasteiger partial charge in [-0.1, -0.05) is 63.2 Å². The fraction of sp³-hybridized carbons (Fsp3) is 0.527. The van der Waals surface area contributed by atoms with Gasteiger partial charge < -0.3 is 40.2 Å². The molecule has 13 nitrogen and oxygen atoms in total. The number of piperazine rings is 1. The molecule has 3 aromatic carbocycles. The molecule has 3 amide bonds. The van der Waals surface area contributed by atoms with Crippen LogP contribution in [0, 0.1) is 24.0 Å². The lowest BCUT2D eigenvalue weighted by Gasteiger charge is -2.43. The van der Waals surface area contributed by atoms with Crippen molar-refractivity contribution in [3.8, 4) is 16.2 Å². The van der Waals surface area contributed by atoms with Crippen LogP contribution in [0.25, 0.3) is 21.3 Å². The van der Waals surface area contributed by atoms with E-state index in [9.17, 15) is 19.5 Å². The largest absolute Gasteiger partial charge is 0.493 e. The molecular formula is C55H71F3N8O5S. The van der Waals surface area contributed by atoms with Crippen LogP contribution in [0.2, 0.25) is 0 Å². The Kier molecular flexibility index (Phi) is 16.5. The van der Waals surface area contributed by atoms with E-state index in [1.807, 2.05) is 93.6 Å². The number of carbonyl (C=O) groups is 3. The zero-order valence-corrected chi connectivity index (χ0v) is 43.5. The molecule has 3 aliphatic rings. The average Bonchev–Trinajstić information content (AvgIpc) is 4.05. The molecule has 3 aliphatic heterocycles. The van der Waals surface area contributed by atoms with Gasteiger partial charge in [0.25, 0.3) is 0 Å². The van der Waals surface area contributed by atoms with E-state index in [4.69, 9.17) is 4.74 Å². The van der Waals surface area contributed by atoms with Crippen molar-refractivity contribution in [2.45, 2.75) is 123 Å². The molecule has 17 heteroatoms. The first-order valence-electron chi connectivity index (χ1n) is 25.4. The van der Waals surface area contributed by atoms with E-state index >= 15 is 13.2 Å². The number of aromatic amines is 1. The highest BCUT2D eigenvalue weighted by Crippen LogP contribution is 2.44. The van der Waals surface area contributed by atoms with Gasteiger partial charge in [0.15, 0.2) is 0 Å². The molecule has 8 rings (SSSR count). The molecule has 4 N–H and O–H groups in total. The summed E-state index contributed by atoms with van der Waals surface area (Å²) in [6.45, 7) is 17.6. The number of thiazole rings is 1. The van der Waals surface area contributed by atoms with Gasteiger partial charge in [-0.25, -0.2) is 18.2 Å². The van der Waals surface area contributed by atoms with E-state index in [0.29, 0.717) is 25.1 Å². The van der Waals surface area contributed by atoms with Crippen LogP contribution in [0.1, 0.15) is 101 Å². The molecule has 0 bridgehead atoms. The fourth-order valence-corrected chi connectivity index (χ4v) is 11.4. The number of benzene rings is 3. The molecule has 2 fully saturated rings.